The second-order valence-corrected chi connectivity index (χ2v) is 13.1. The first kappa shape index (κ1) is 27.0. The molecule has 0 saturated carbocycles. The van der Waals surface area contributed by atoms with E-state index in [0.29, 0.717) is 17.5 Å². The summed E-state index contributed by atoms with van der Waals surface area (Å²) in [6, 6.07) is 55.3. The number of rotatable bonds is 4. The van der Waals surface area contributed by atoms with Gasteiger partial charge in [0.05, 0.1) is 15.7 Å². The summed E-state index contributed by atoms with van der Waals surface area (Å²) in [5.41, 5.74) is 6.38. The Kier molecular flexibility index (Phi) is 6.01. The Morgan fingerprint density at radius 3 is 1.58 bits per heavy atom. The van der Waals surface area contributed by atoms with Gasteiger partial charge in [-0.05, 0) is 47.2 Å². The number of thiophene rings is 1. The first-order chi connectivity index (χ1) is 23.8. The van der Waals surface area contributed by atoms with Crippen LogP contribution in [0.2, 0.25) is 0 Å². The molecule has 0 saturated heterocycles. The number of hydrogen-bond donors (Lipinski definition) is 0. The highest BCUT2D eigenvalue weighted by Gasteiger charge is 2.22. The standard InChI is InChI=1S/C43H26N4S/c1-4-14-27(15-5-1)41-44-42(28-16-6-2-7-17-28)46-43(45-41)29-24-25-35-34(26-29)37-31-20-10-11-21-32(31)38-33-22-12-13-23-36(33)48-40(38)39(37)47(35)30-18-8-3-9-19-30/h1-26H. The molecule has 0 bridgehead atoms. The van der Waals surface area contributed by atoms with Crippen molar-refractivity contribution >= 4 is 64.1 Å². The normalized spacial score (nSPS) is 11.8. The molecule has 0 fully saturated rings. The summed E-state index contributed by atoms with van der Waals surface area (Å²) in [5, 5.41) is 7.54. The van der Waals surface area contributed by atoms with Crippen molar-refractivity contribution in [3.8, 4) is 39.9 Å². The Morgan fingerprint density at radius 1 is 0.417 bits per heavy atom. The third-order valence-corrected chi connectivity index (χ3v) is 10.4. The Bertz CT molecular complexity index is 2760. The van der Waals surface area contributed by atoms with Crippen LogP contribution < -0.4 is 0 Å². The minimum absolute atomic E-state index is 0.650. The van der Waals surface area contributed by atoms with Gasteiger partial charge in [0.2, 0.25) is 0 Å². The summed E-state index contributed by atoms with van der Waals surface area (Å²) < 4.78 is 5.03. The van der Waals surface area contributed by atoms with E-state index in [1.807, 2.05) is 72.0 Å². The first-order valence-corrected chi connectivity index (χ1v) is 16.9. The summed E-state index contributed by atoms with van der Waals surface area (Å²) in [5.74, 6) is 1.96. The van der Waals surface area contributed by atoms with Crippen molar-refractivity contribution in [1.29, 1.82) is 0 Å². The Morgan fingerprint density at radius 2 is 0.938 bits per heavy atom. The van der Waals surface area contributed by atoms with E-state index < -0.39 is 0 Å². The molecule has 0 amide bonds. The van der Waals surface area contributed by atoms with E-state index in [9.17, 15) is 0 Å². The van der Waals surface area contributed by atoms with Crippen LogP contribution >= 0.6 is 11.3 Å². The van der Waals surface area contributed by atoms with Gasteiger partial charge >= 0.3 is 0 Å². The van der Waals surface area contributed by atoms with Crippen molar-refractivity contribution < 1.29 is 0 Å². The SMILES string of the molecule is c1ccc(-c2nc(-c3ccccc3)nc(-c3ccc4c(c3)c3c5ccccc5c5c6ccccc6sc5c3n4-c3ccccc3)n2)cc1. The highest BCUT2D eigenvalue weighted by atomic mass is 32.1. The van der Waals surface area contributed by atoms with E-state index in [-0.39, 0.29) is 0 Å². The molecule has 0 N–H and O–H groups in total. The van der Waals surface area contributed by atoms with Crippen molar-refractivity contribution in [1.82, 2.24) is 19.5 Å². The molecule has 10 aromatic rings. The molecule has 3 heterocycles. The van der Waals surface area contributed by atoms with Crippen LogP contribution in [0.4, 0.5) is 0 Å². The molecule has 0 atom stereocenters. The summed E-state index contributed by atoms with van der Waals surface area (Å²) in [6.45, 7) is 0. The molecule has 5 heteroatoms. The van der Waals surface area contributed by atoms with Crippen LogP contribution in [-0.2, 0) is 0 Å². The lowest BCUT2D eigenvalue weighted by atomic mass is 9.98. The van der Waals surface area contributed by atoms with E-state index in [4.69, 9.17) is 15.0 Å². The number of hydrogen-bond acceptors (Lipinski definition) is 4. The van der Waals surface area contributed by atoms with E-state index in [1.165, 1.54) is 47.2 Å². The molecule has 0 aliphatic carbocycles. The summed E-state index contributed by atoms with van der Waals surface area (Å²) in [7, 11) is 0. The number of para-hydroxylation sites is 1. The van der Waals surface area contributed by atoms with Crippen molar-refractivity contribution in [3.63, 3.8) is 0 Å². The third kappa shape index (κ3) is 4.11. The fourth-order valence-electron chi connectivity index (χ4n) is 7.10. The van der Waals surface area contributed by atoms with Crippen molar-refractivity contribution in [2.24, 2.45) is 0 Å². The average molecular weight is 631 g/mol. The minimum Gasteiger partial charge on any atom is -0.308 e. The first-order valence-electron chi connectivity index (χ1n) is 16.0. The van der Waals surface area contributed by atoms with Crippen LogP contribution in [0.15, 0.2) is 158 Å². The number of fused-ring (bicyclic) bond motifs is 10. The average Bonchev–Trinajstić information content (AvgIpc) is 3.72. The molecule has 7 aromatic carbocycles. The van der Waals surface area contributed by atoms with Crippen molar-refractivity contribution in [2.75, 3.05) is 0 Å². The van der Waals surface area contributed by atoms with Gasteiger partial charge in [0.25, 0.3) is 0 Å². The van der Waals surface area contributed by atoms with Crippen molar-refractivity contribution in [3.05, 3.63) is 158 Å². The fourth-order valence-corrected chi connectivity index (χ4v) is 8.36. The van der Waals surface area contributed by atoms with E-state index in [1.54, 1.807) is 0 Å². The van der Waals surface area contributed by atoms with Crippen LogP contribution in [-0.4, -0.2) is 19.5 Å². The Balaban J connectivity index is 1.33. The molecule has 3 aromatic heterocycles. The highest BCUT2D eigenvalue weighted by Crippen LogP contribution is 2.48. The van der Waals surface area contributed by atoms with Gasteiger partial charge in [0.15, 0.2) is 17.5 Å². The summed E-state index contributed by atoms with van der Waals surface area (Å²) >= 11 is 1.88. The smallest absolute Gasteiger partial charge is 0.164 e. The molecule has 4 nitrogen and oxygen atoms in total. The van der Waals surface area contributed by atoms with E-state index >= 15 is 0 Å². The van der Waals surface area contributed by atoms with E-state index in [2.05, 4.69) is 102 Å². The number of aromatic nitrogens is 4. The monoisotopic (exact) mass is 630 g/mol. The second-order valence-electron chi connectivity index (χ2n) is 12.0. The fraction of sp³-hybridized carbons (Fsp3) is 0. The van der Waals surface area contributed by atoms with Gasteiger partial charge in [-0.25, -0.2) is 15.0 Å². The topological polar surface area (TPSA) is 43.6 Å². The lowest BCUT2D eigenvalue weighted by Gasteiger charge is -2.10. The van der Waals surface area contributed by atoms with Crippen LogP contribution in [0.5, 0.6) is 0 Å². The zero-order valence-electron chi connectivity index (χ0n) is 25.7. The third-order valence-electron chi connectivity index (χ3n) is 9.22. The molecule has 0 spiro atoms. The van der Waals surface area contributed by atoms with Crippen LogP contribution in [0.3, 0.4) is 0 Å². The lowest BCUT2D eigenvalue weighted by Crippen LogP contribution is -2.00. The quantitative estimate of drug-likeness (QED) is 0.194. The van der Waals surface area contributed by atoms with Gasteiger partial charge in [-0.15, -0.1) is 11.3 Å². The molecule has 0 unspecified atom stereocenters. The molecular weight excluding hydrogens is 605 g/mol. The molecule has 0 aliphatic heterocycles. The molecule has 224 valence electrons. The minimum atomic E-state index is 0.650. The van der Waals surface area contributed by atoms with Crippen LogP contribution in [0.25, 0.3) is 92.6 Å². The van der Waals surface area contributed by atoms with Crippen molar-refractivity contribution in [2.45, 2.75) is 0 Å². The predicted molar refractivity (Wildman–Crippen MR) is 201 cm³/mol. The molecular formula is C43H26N4S. The Labute approximate surface area is 280 Å². The van der Waals surface area contributed by atoms with Crippen LogP contribution in [0, 0.1) is 0 Å². The highest BCUT2D eigenvalue weighted by molar-refractivity contribution is 7.27. The maximum absolute atomic E-state index is 5.07. The predicted octanol–water partition coefficient (Wildman–Crippen LogP) is 11.5. The summed E-state index contributed by atoms with van der Waals surface area (Å²) in [6.07, 6.45) is 0. The molecule has 48 heavy (non-hydrogen) atoms. The molecule has 10 rings (SSSR count). The molecule has 0 aliphatic rings. The van der Waals surface area contributed by atoms with Crippen LogP contribution in [0.1, 0.15) is 0 Å². The number of nitrogens with zero attached hydrogens (tertiary/aromatic N) is 4. The van der Waals surface area contributed by atoms with Gasteiger partial charge in [-0.2, -0.15) is 0 Å². The Hall–Kier alpha value is -6.17. The van der Waals surface area contributed by atoms with Gasteiger partial charge in [0, 0.05) is 48.6 Å². The van der Waals surface area contributed by atoms with Gasteiger partial charge in [-0.1, -0.05) is 121 Å². The molecule has 0 radical (unpaired) electrons. The van der Waals surface area contributed by atoms with Gasteiger partial charge < -0.3 is 4.57 Å². The lowest BCUT2D eigenvalue weighted by molar-refractivity contribution is 1.07. The van der Waals surface area contributed by atoms with E-state index in [0.717, 1.165) is 27.9 Å². The number of benzene rings is 7. The van der Waals surface area contributed by atoms with Gasteiger partial charge in [-0.3, -0.25) is 0 Å². The van der Waals surface area contributed by atoms with Gasteiger partial charge in [0.1, 0.15) is 0 Å². The maximum atomic E-state index is 5.07. The maximum Gasteiger partial charge on any atom is 0.164 e. The largest absolute Gasteiger partial charge is 0.308 e. The summed E-state index contributed by atoms with van der Waals surface area (Å²) in [4.78, 5) is 15.1. The second kappa shape index (κ2) is 10.7. The zero-order valence-corrected chi connectivity index (χ0v) is 26.5. The zero-order chi connectivity index (χ0) is 31.6.